The maximum absolute atomic E-state index is 13.0. The average molecular weight is 391 g/mol. The Hall–Kier alpha value is -2.01. The van der Waals surface area contributed by atoms with Gasteiger partial charge in [-0.05, 0) is 23.3 Å². The number of benzene rings is 2. The summed E-state index contributed by atoms with van der Waals surface area (Å²) < 4.78 is 0. The van der Waals surface area contributed by atoms with Crippen molar-refractivity contribution in [2.45, 2.75) is 6.54 Å². The van der Waals surface area contributed by atoms with Crippen LogP contribution in [0.25, 0.3) is 11.1 Å². The van der Waals surface area contributed by atoms with Crippen LogP contribution >= 0.6 is 34.5 Å². The molecule has 2 aromatic carbocycles. The second-order valence-corrected chi connectivity index (χ2v) is 7.39. The molecule has 0 spiro atoms. The van der Waals surface area contributed by atoms with Gasteiger partial charge < -0.3 is 10.6 Å². The van der Waals surface area contributed by atoms with Gasteiger partial charge in [0, 0.05) is 24.5 Å². The van der Waals surface area contributed by atoms with E-state index in [9.17, 15) is 4.79 Å². The summed E-state index contributed by atoms with van der Waals surface area (Å²) in [4.78, 5) is 14.6. The molecule has 0 bridgehead atoms. The fourth-order valence-corrected chi connectivity index (χ4v) is 3.70. The quantitative estimate of drug-likeness (QED) is 0.631. The molecule has 6 heteroatoms. The molecule has 0 unspecified atom stereocenters. The van der Waals surface area contributed by atoms with E-state index < -0.39 is 0 Å². The minimum Gasteiger partial charge on any atom is -0.390 e. The van der Waals surface area contributed by atoms with E-state index in [2.05, 4.69) is 0 Å². The summed E-state index contributed by atoms with van der Waals surface area (Å²) in [7, 11) is 1.77. The van der Waals surface area contributed by atoms with Gasteiger partial charge in [-0.2, -0.15) is 0 Å². The van der Waals surface area contributed by atoms with E-state index in [-0.39, 0.29) is 5.91 Å². The molecule has 1 heterocycles. The highest BCUT2D eigenvalue weighted by Gasteiger charge is 2.22. The van der Waals surface area contributed by atoms with Crippen molar-refractivity contribution in [1.82, 2.24) is 4.90 Å². The molecule has 0 saturated heterocycles. The van der Waals surface area contributed by atoms with Crippen LogP contribution in [0.2, 0.25) is 10.0 Å². The number of rotatable bonds is 4. The molecule has 2 N–H and O–H groups in total. The van der Waals surface area contributed by atoms with Gasteiger partial charge in [0.15, 0.2) is 0 Å². The lowest BCUT2D eigenvalue weighted by Gasteiger charge is -2.18. The number of halogens is 2. The van der Waals surface area contributed by atoms with E-state index in [1.54, 1.807) is 24.1 Å². The number of hydrogen-bond acceptors (Lipinski definition) is 3. The van der Waals surface area contributed by atoms with Crippen LogP contribution in [-0.4, -0.2) is 17.9 Å². The van der Waals surface area contributed by atoms with Crippen LogP contribution in [0, 0.1) is 0 Å². The van der Waals surface area contributed by atoms with Gasteiger partial charge in [-0.15, -0.1) is 11.3 Å². The second-order valence-electron chi connectivity index (χ2n) is 5.66. The lowest BCUT2D eigenvalue weighted by atomic mass is 10.0. The fourth-order valence-electron chi connectivity index (χ4n) is 2.59. The Bertz CT molecular complexity index is 909. The minimum atomic E-state index is -0.122. The van der Waals surface area contributed by atoms with Crippen LogP contribution in [0.1, 0.15) is 15.9 Å². The van der Waals surface area contributed by atoms with Crippen molar-refractivity contribution in [2.75, 3.05) is 12.8 Å². The molecule has 1 amide bonds. The standard InChI is InChI=1S/C19H16Cl2N2OS/c1-23(10-12-5-3-2-4-6-12)19(24)17-14(11-25-18(17)22)13-7-8-15(20)16(21)9-13/h2-9,11H,10,22H2,1H3. The van der Waals surface area contributed by atoms with E-state index in [4.69, 9.17) is 28.9 Å². The fraction of sp³-hybridized carbons (Fsp3) is 0.105. The minimum absolute atomic E-state index is 0.122. The zero-order valence-electron chi connectivity index (χ0n) is 13.5. The van der Waals surface area contributed by atoms with Gasteiger partial charge >= 0.3 is 0 Å². The van der Waals surface area contributed by atoms with Gasteiger partial charge in [0.05, 0.1) is 20.6 Å². The molecule has 0 aliphatic rings. The van der Waals surface area contributed by atoms with Gasteiger partial charge in [0.2, 0.25) is 0 Å². The zero-order chi connectivity index (χ0) is 18.0. The van der Waals surface area contributed by atoms with Crippen molar-refractivity contribution >= 4 is 45.4 Å². The number of nitrogens with zero attached hydrogens (tertiary/aromatic N) is 1. The summed E-state index contributed by atoms with van der Waals surface area (Å²) in [5, 5.41) is 3.28. The number of thiophene rings is 1. The lowest BCUT2D eigenvalue weighted by molar-refractivity contribution is 0.0787. The average Bonchev–Trinajstić information content (AvgIpc) is 2.99. The Morgan fingerprint density at radius 1 is 1.12 bits per heavy atom. The van der Waals surface area contributed by atoms with Gasteiger partial charge in [-0.25, -0.2) is 0 Å². The topological polar surface area (TPSA) is 46.3 Å². The first-order valence-electron chi connectivity index (χ1n) is 7.59. The van der Waals surface area contributed by atoms with E-state index in [1.165, 1.54) is 11.3 Å². The number of anilines is 1. The van der Waals surface area contributed by atoms with Crippen LogP contribution in [0.5, 0.6) is 0 Å². The number of nitrogens with two attached hydrogens (primary N) is 1. The normalized spacial score (nSPS) is 10.7. The molecule has 3 rings (SSSR count). The van der Waals surface area contributed by atoms with Gasteiger partial charge in [-0.3, -0.25) is 4.79 Å². The van der Waals surface area contributed by atoms with E-state index in [1.807, 2.05) is 41.8 Å². The Morgan fingerprint density at radius 2 is 1.84 bits per heavy atom. The molecule has 3 nitrogen and oxygen atoms in total. The van der Waals surface area contributed by atoms with Crippen molar-refractivity contribution in [3.05, 3.63) is 75.1 Å². The second kappa shape index (κ2) is 7.48. The summed E-state index contributed by atoms with van der Waals surface area (Å²) in [6.45, 7) is 0.510. The first kappa shape index (κ1) is 17.8. The molecule has 3 aromatic rings. The van der Waals surface area contributed by atoms with Crippen LogP contribution in [0.15, 0.2) is 53.9 Å². The third-order valence-corrected chi connectivity index (χ3v) is 5.42. The number of nitrogen functional groups attached to an aromatic ring is 1. The number of amides is 1. The van der Waals surface area contributed by atoms with Crippen molar-refractivity contribution in [3.63, 3.8) is 0 Å². The Labute approximate surface area is 160 Å². The molecule has 0 aliphatic carbocycles. The maximum Gasteiger partial charge on any atom is 0.257 e. The largest absolute Gasteiger partial charge is 0.390 e. The van der Waals surface area contributed by atoms with Crippen LogP contribution < -0.4 is 5.73 Å². The Kier molecular flexibility index (Phi) is 5.33. The van der Waals surface area contributed by atoms with Gasteiger partial charge in [0.1, 0.15) is 0 Å². The van der Waals surface area contributed by atoms with Gasteiger partial charge in [-0.1, -0.05) is 59.6 Å². The van der Waals surface area contributed by atoms with E-state index in [0.29, 0.717) is 27.2 Å². The zero-order valence-corrected chi connectivity index (χ0v) is 15.8. The summed E-state index contributed by atoms with van der Waals surface area (Å²) in [5.74, 6) is -0.122. The number of carbonyl (C=O) groups is 1. The maximum atomic E-state index is 13.0. The van der Waals surface area contributed by atoms with Crippen molar-refractivity contribution in [2.24, 2.45) is 0 Å². The van der Waals surface area contributed by atoms with Gasteiger partial charge in [0.25, 0.3) is 5.91 Å². The molecule has 128 valence electrons. The van der Waals surface area contributed by atoms with Crippen molar-refractivity contribution in [3.8, 4) is 11.1 Å². The Morgan fingerprint density at radius 3 is 2.52 bits per heavy atom. The van der Waals surface area contributed by atoms with E-state index in [0.717, 1.165) is 16.7 Å². The molecule has 0 aliphatic heterocycles. The highest BCUT2D eigenvalue weighted by Crippen LogP contribution is 2.37. The predicted molar refractivity (Wildman–Crippen MR) is 106 cm³/mol. The molecular weight excluding hydrogens is 375 g/mol. The van der Waals surface area contributed by atoms with Crippen molar-refractivity contribution in [1.29, 1.82) is 0 Å². The third-order valence-electron chi connectivity index (χ3n) is 3.87. The summed E-state index contributed by atoms with van der Waals surface area (Å²) >= 11 is 13.4. The summed E-state index contributed by atoms with van der Waals surface area (Å²) in [6.07, 6.45) is 0. The predicted octanol–water partition coefficient (Wildman–Crippen LogP) is 5.58. The monoisotopic (exact) mass is 390 g/mol. The van der Waals surface area contributed by atoms with Crippen LogP contribution in [0.3, 0.4) is 0 Å². The molecular formula is C19H16Cl2N2OS. The summed E-state index contributed by atoms with van der Waals surface area (Å²) in [6, 6.07) is 15.1. The smallest absolute Gasteiger partial charge is 0.257 e. The molecule has 25 heavy (non-hydrogen) atoms. The van der Waals surface area contributed by atoms with Crippen LogP contribution in [0.4, 0.5) is 5.00 Å². The lowest BCUT2D eigenvalue weighted by Crippen LogP contribution is -2.26. The summed E-state index contributed by atoms with van der Waals surface area (Å²) in [5.41, 5.74) is 9.24. The molecule has 0 saturated carbocycles. The molecule has 1 aromatic heterocycles. The third kappa shape index (κ3) is 3.82. The van der Waals surface area contributed by atoms with Crippen LogP contribution in [-0.2, 0) is 6.54 Å². The first-order valence-corrected chi connectivity index (χ1v) is 9.22. The molecule has 0 atom stereocenters. The highest BCUT2D eigenvalue weighted by molar-refractivity contribution is 7.15. The molecule has 0 fully saturated rings. The van der Waals surface area contributed by atoms with E-state index >= 15 is 0 Å². The first-order chi connectivity index (χ1) is 12.0. The molecule has 0 radical (unpaired) electrons. The SMILES string of the molecule is CN(Cc1ccccc1)C(=O)c1c(-c2ccc(Cl)c(Cl)c2)csc1N. The number of carbonyl (C=O) groups excluding carboxylic acids is 1. The highest BCUT2D eigenvalue weighted by atomic mass is 35.5. The number of hydrogen-bond donors (Lipinski definition) is 1. The Balaban J connectivity index is 1.93. The van der Waals surface area contributed by atoms with Crippen molar-refractivity contribution < 1.29 is 4.79 Å².